The highest BCUT2D eigenvalue weighted by Gasteiger charge is 2.17. The van der Waals surface area contributed by atoms with Gasteiger partial charge in [-0.15, -0.1) is 0 Å². The molecule has 0 unspecified atom stereocenters. The zero-order valence-corrected chi connectivity index (χ0v) is 13.3. The van der Waals surface area contributed by atoms with Gasteiger partial charge in [0, 0.05) is 28.4 Å². The van der Waals surface area contributed by atoms with Crippen molar-refractivity contribution in [2.75, 3.05) is 17.2 Å². The molecule has 0 atom stereocenters. The van der Waals surface area contributed by atoms with Gasteiger partial charge in [0.25, 0.3) is 10.0 Å². The first-order valence-corrected chi connectivity index (χ1v) is 10.1. The van der Waals surface area contributed by atoms with Crippen LogP contribution in [0.3, 0.4) is 0 Å². The summed E-state index contributed by atoms with van der Waals surface area (Å²) >= 11 is 0.881. The molecule has 0 amide bonds. The van der Waals surface area contributed by atoms with E-state index in [-0.39, 0.29) is 9.90 Å². The largest absolute Gasteiger partial charge is 0.277 e. The molecule has 0 aliphatic heterocycles. The molecule has 108 valence electrons. The topological polar surface area (TPSA) is 88.5 Å². The molecule has 0 saturated carbocycles. The normalized spacial score (nSPS) is 12.1. The van der Waals surface area contributed by atoms with Gasteiger partial charge in [-0.25, -0.2) is 12.6 Å². The second kappa shape index (κ2) is 5.51. The lowest BCUT2D eigenvalue weighted by Gasteiger charge is -2.09. The average molecular weight is 331 g/mol. The monoisotopic (exact) mass is 331 g/mol. The number of benzene rings is 1. The van der Waals surface area contributed by atoms with Gasteiger partial charge in [0.2, 0.25) is 0 Å². The van der Waals surface area contributed by atoms with Gasteiger partial charge in [-0.05, 0) is 29.7 Å². The number of para-hydroxylation sites is 1. The first kappa shape index (κ1) is 14.9. The van der Waals surface area contributed by atoms with E-state index in [1.807, 2.05) is 0 Å². The number of sulfonamides is 1. The molecule has 1 aromatic carbocycles. The lowest BCUT2D eigenvalue weighted by Crippen LogP contribution is -2.11. The molecular formula is C11H13N3O3S3. The van der Waals surface area contributed by atoms with Crippen molar-refractivity contribution in [1.29, 1.82) is 0 Å². The fourth-order valence-electron chi connectivity index (χ4n) is 1.41. The summed E-state index contributed by atoms with van der Waals surface area (Å²) in [4.78, 5) is 0. The molecule has 6 nitrogen and oxygen atoms in total. The Labute approximate surface area is 122 Å². The quantitative estimate of drug-likeness (QED) is 0.931. The number of hydrogen-bond acceptors (Lipinski definition) is 6. The zero-order valence-electron chi connectivity index (χ0n) is 10.8. The third-order valence-electron chi connectivity index (χ3n) is 2.15. The molecule has 2 rings (SSSR count). The maximum absolute atomic E-state index is 12.1. The summed E-state index contributed by atoms with van der Waals surface area (Å²) in [6, 6.07) is 7.97. The highest BCUT2D eigenvalue weighted by Crippen LogP contribution is 2.28. The molecule has 0 saturated heterocycles. The lowest BCUT2D eigenvalue weighted by molar-refractivity contribution is 0.603. The van der Waals surface area contributed by atoms with Gasteiger partial charge in [-0.3, -0.25) is 4.72 Å². The minimum absolute atomic E-state index is 0.112. The highest BCUT2D eigenvalue weighted by atomic mass is 32.2. The van der Waals surface area contributed by atoms with Crippen molar-refractivity contribution in [3.63, 3.8) is 0 Å². The number of aromatic nitrogens is 1. The van der Waals surface area contributed by atoms with Crippen LogP contribution in [0, 0.1) is 0 Å². The molecular weight excluding hydrogens is 318 g/mol. The lowest BCUT2D eigenvalue weighted by atomic mass is 10.3. The van der Waals surface area contributed by atoms with Gasteiger partial charge in [-0.1, -0.05) is 12.1 Å². The first-order valence-electron chi connectivity index (χ1n) is 5.48. The molecule has 0 aliphatic rings. The van der Waals surface area contributed by atoms with Crippen molar-refractivity contribution in [1.82, 2.24) is 4.37 Å². The molecule has 1 aromatic heterocycles. The molecule has 20 heavy (non-hydrogen) atoms. The standard InChI is InChI=1S/C11H13N3O3S3/c1-19(2,15)13-9-5-3-4-6-10(9)14-20(16,17)11-7-8-12-18-11/h3-8,14H,1-2H3. The van der Waals surface area contributed by atoms with Crippen LogP contribution >= 0.6 is 11.5 Å². The summed E-state index contributed by atoms with van der Waals surface area (Å²) in [6.07, 6.45) is 4.39. The van der Waals surface area contributed by atoms with Crippen molar-refractivity contribution in [3.05, 3.63) is 36.5 Å². The Bertz CT molecular complexity index is 812. The maximum Gasteiger partial charge on any atom is 0.273 e. The van der Waals surface area contributed by atoms with Crippen LogP contribution < -0.4 is 4.72 Å². The predicted molar refractivity (Wildman–Crippen MR) is 81.4 cm³/mol. The molecule has 0 radical (unpaired) electrons. The summed E-state index contributed by atoms with van der Waals surface area (Å²) < 4.78 is 46.4. The first-order chi connectivity index (χ1) is 9.28. The number of anilines is 1. The molecule has 1 N–H and O–H groups in total. The highest BCUT2D eigenvalue weighted by molar-refractivity contribution is 7.94. The van der Waals surface area contributed by atoms with E-state index >= 15 is 0 Å². The molecule has 2 aromatic rings. The Hall–Kier alpha value is -1.45. The van der Waals surface area contributed by atoms with Crippen LogP contribution in [0.1, 0.15) is 0 Å². The van der Waals surface area contributed by atoms with E-state index in [9.17, 15) is 12.6 Å². The number of rotatable bonds is 4. The van der Waals surface area contributed by atoms with Gasteiger partial charge in [0.1, 0.15) is 0 Å². The maximum atomic E-state index is 12.1. The Kier molecular flexibility index (Phi) is 4.11. The third kappa shape index (κ3) is 3.78. The number of nitrogens with zero attached hydrogens (tertiary/aromatic N) is 2. The van der Waals surface area contributed by atoms with Crippen LogP contribution in [0.5, 0.6) is 0 Å². The SMILES string of the molecule is CS(C)(=O)=Nc1ccccc1NS(=O)(=O)c1ccns1. The van der Waals surface area contributed by atoms with E-state index in [1.54, 1.807) is 24.3 Å². The van der Waals surface area contributed by atoms with E-state index in [0.717, 1.165) is 11.5 Å². The van der Waals surface area contributed by atoms with Gasteiger partial charge >= 0.3 is 0 Å². The second-order valence-electron chi connectivity index (χ2n) is 4.23. The molecule has 0 bridgehead atoms. The van der Waals surface area contributed by atoms with Gasteiger partial charge < -0.3 is 0 Å². The Morgan fingerprint density at radius 1 is 1.15 bits per heavy atom. The fraction of sp³-hybridized carbons (Fsp3) is 0.182. The predicted octanol–water partition coefficient (Wildman–Crippen LogP) is 2.30. The molecule has 9 heteroatoms. The van der Waals surface area contributed by atoms with Crippen LogP contribution in [0.15, 0.2) is 45.1 Å². The molecule has 0 spiro atoms. The summed E-state index contributed by atoms with van der Waals surface area (Å²) in [6.45, 7) is 0. The number of nitrogens with one attached hydrogen (secondary N) is 1. The summed E-state index contributed by atoms with van der Waals surface area (Å²) in [5.74, 6) is 0. The van der Waals surface area contributed by atoms with Crippen LogP contribution in [-0.4, -0.2) is 29.5 Å². The summed E-state index contributed by atoms with van der Waals surface area (Å²) in [5.41, 5.74) is 0.632. The number of hydrogen-bond donors (Lipinski definition) is 1. The fourth-order valence-corrected chi connectivity index (χ4v) is 3.84. The van der Waals surface area contributed by atoms with Gasteiger partial charge in [0.05, 0.1) is 11.4 Å². The van der Waals surface area contributed by atoms with Crippen molar-refractivity contribution < 1.29 is 12.6 Å². The van der Waals surface area contributed by atoms with E-state index in [1.165, 1.54) is 24.8 Å². The molecule has 0 fully saturated rings. The van der Waals surface area contributed by atoms with Crippen molar-refractivity contribution in [3.8, 4) is 0 Å². The van der Waals surface area contributed by atoms with Crippen LogP contribution in [-0.2, 0) is 19.8 Å². The third-order valence-corrected chi connectivity index (χ3v) is 5.36. The minimum atomic E-state index is -3.69. The van der Waals surface area contributed by atoms with Gasteiger partial charge in [0.15, 0.2) is 4.21 Å². The zero-order chi connectivity index (χ0) is 14.8. The van der Waals surface area contributed by atoms with E-state index in [4.69, 9.17) is 0 Å². The van der Waals surface area contributed by atoms with Crippen molar-refractivity contribution in [2.45, 2.75) is 4.21 Å². The van der Waals surface area contributed by atoms with E-state index in [0.29, 0.717) is 5.69 Å². The average Bonchev–Trinajstić information content (AvgIpc) is 2.83. The minimum Gasteiger partial charge on any atom is -0.277 e. The summed E-state index contributed by atoms with van der Waals surface area (Å²) in [7, 11) is -6.07. The van der Waals surface area contributed by atoms with E-state index in [2.05, 4.69) is 13.5 Å². The second-order valence-corrected chi connectivity index (χ2v) is 9.51. The Morgan fingerprint density at radius 3 is 2.45 bits per heavy atom. The molecule has 0 aliphatic carbocycles. The van der Waals surface area contributed by atoms with Gasteiger partial charge in [-0.2, -0.15) is 8.74 Å². The summed E-state index contributed by atoms with van der Waals surface area (Å²) in [5, 5.41) is 0. The smallest absolute Gasteiger partial charge is 0.273 e. The van der Waals surface area contributed by atoms with Crippen molar-refractivity contribution >= 4 is 42.7 Å². The Morgan fingerprint density at radius 2 is 1.85 bits per heavy atom. The molecule has 1 heterocycles. The van der Waals surface area contributed by atoms with Crippen LogP contribution in [0.25, 0.3) is 0 Å². The van der Waals surface area contributed by atoms with Crippen LogP contribution in [0.2, 0.25) is 0 Å². The Balaban J connectivity index is 2.44. The van der Waals surface area contributed by atoms with Crippen molar-refractivity contribution in [2.24, 2.45) is 4.36 Å². The van der Waals surface area contributed by atoms with E-state index < -0.39 is 19.8 Å². The van der Waals surface area contributed by atoms with Crippen LogP contribution in [0.4, 0.5) is 11.4 Å².